The molecule has 0 aromatic carbocycles. The molecule has 0 aromatic heterocycles. The van der Waals surface area contributed by atoms with Crippen LogP contribution < -0.4 is 34.1 Å². The Morgan fingerprint density at radius 2 is 1.07 bits per heavy atom. The number of carbonyl (C=O) groups excluding carboxylic acids is 3. The summed E-state index contributed by atoms with van der Waals surface area (Å²) in [7, 11) is 0. The number of rotatable bonds is 8. The Hall–Kier alpha value is -3.27. The van der Waals surface area contributed by atoms with Crippen molar-refractivity contribution in [1.82, 2.24) is 10.9 Å². The average molecular weight is 611 g/mol. The summed E-state index contributed by atoms with van der Waals surface area (Å²) in [6, 6.07) is 0. The van der Waals surface area contributed by atoms with Crippen molar-refractivity contribution in [2.45, 2.75) is 83.1 Å². The molecule has 42 heavy (non-hydrogen) atoms. The molecule has 0 spiro atoms. The van der Waals surface area contributed by atoms with Crippen molar-refractivity contribution in [3.63, 3.8) is 0 Å². The summed E-state index contributed by atoms with van der Waals surface area (Å²) >= 11 is 0. The van der Waals surface area contributed by atoms with E-state index in [0.717, 1.165) is 5.57 Å². The van der Waals surface area contributed by atoms with E-state index in [9.17, 15) is 14.4 Å². The van der Waals surface area contributed by atoms with Gasteiger partial charge in [-0.1, -0.05) is 94.8 Å². The highest BCUT2D eigenvalue weighted by atomic mass is 16.5. The standard InChI is InChI=1S/C6H12O.C5H10O2.C4H11N3.2C4H10N2O.C4H9NO2/c1-5(2)6(3)4-7;1-4(2)5(7)3-6;1-3(2)4(5)7-6;1-3(2)4(7)6-5;1-3(2)4(5)6-7;1-3(2)4(6)5-7/h5,7H,3-4H2,1-2H3;4,6H,3H2,1-2H3;3H,6H2,1-2H3,(H2,5,7);3H,5H2,1-2H3,(H,6,7);3,7H,1-2H3,(H2,5,6);3,7H,1-2H3,(H,5,6). The number of nitrogens with zero attached hydrogens (tertiary/aromatic N) is 2. The summed E-state index contributed by atoms with van der Waals surface area (Å²) in [5, 5.41) is 38.5. The summed E-state index contributed by atoms with van der Waals surface area (Å²) in [6.07, 6.45) is 0. The Bertz CT molecular complexity index is 651. The molecule has 0 rings (SSSR count). The number of aliphatic hydroxyl groups is 2. The van der Waals surface area contributed by atoms with Crippen LogP contribution in [0.3, 0.4) is 0 Å². The molecule has 0 bridgehead atoms. The minimum atomic E-state index is -0.347. The molecular weight excluding hydrogens is 548 g/mol. The lowest BCUT2D eigenvalue weighted by Gasteiger charge is -2.02. The van der Waals surface area contributed by atoms with Crippen LogP contribution in [0.1, 0.15) is 83.1 Å². The highest BCUT2D eigenvalue weighted by molar-refractivity contribution is 5.82. The number of ketones is 1. The van der Waals surface area contributed by atoms with Gasteiger partial charge in [0.05, 0.1) is 6.61 Å². The van der Waals surface area contributed by atoms with Crippen LogP contribution in [0, 0.1) is 35.5 Å². The molecule has 0 fully saturated rings. The van der Waals surface area contributed by atoms with Gasteiger partial charge in [-0.3, -0.25) is 25.0 Å². The molecule has 2 amide bonds. The molecule has 0 atom stereocenters. The summed E-state index contributed by atoms with van der Waals surface area (Å²) in [5.41, 5.74) is 14.8. The van der Waals surface area contributed by atoms with E-state index in [-0.39, 0.29) is 66.2 Å². The van der Waals surface area contributed by atoms with Gasteiger partial charge in [-0.15, -0.1) is 0 Å². The number of aliphatic hydroxyl groups excluding tert-OH is 2. The summed E-state index contributed by atoms with van der Waals surface area (Å²) < 4.78 is 0. The van der Waals surface area contributed by atoms with Crippen LogP contribution in [0.15, 0.2) is 22.4 Å². The molecule has 0 aromatic rings. The fraction of sp³-hybridized carbons (Fsp3) is 0.741. The monoisotopic (exact) mass is 610 g/mol. The number of hydrogen-bond acceptors (Lipinski definition) is 11. The Balaban J connectivity index is -0.0000000926. The molecule has 0 saturated heterocycles. The smallest absolute Gasteiger partial charge is 0.245 e. The van der Waals surface area contributed by atoms with Crippen molar-refractivity contribution < 1.29 is 35.0 Å². The first kappa shape index (κ1) is 51.5. The molecule has 0 radical (unpaired) electrons. The van der Waals surface area contributed by atoms with Crippen LogP contribution in [0.5, 0.6) is 0 Å². The molecule has 0 aliphatic carbocycles. The maximum absolute atomic E-state index is 10.3. The van der Waals surface area contributed by atoms with E-state index in [1.165, 1.54) is 5.48 Å². The lowest BCUT2D eigenvalue weighted by Crippen LogP contribution is -2.33. The van der Waals surface area contributed by atoms with Crippen molar-refractivity contribution in [2.75, 3.05) is 13.2 Å². The Morgan fingerprint density at radius 3 is 1.07 bits per heavy atom. The number of hydrazone groups is 1. The number of Topliss-reactive ketones (excluding diaryl/α,β-unsaturated/α-hetero) is 1. The zero-order valence-electron chi connectivity index (χ0n) is 27.8. The van der Waals surface area contributed by atoms with Gasteiger partial charge in [0.15, 0.2) is 5.78 Å². The van der Waals surface area contributed by atoms with E-state index in [2.05, 4.69) is 16.8 Å². The number of oxime groups is 1. The predicted molar refractivity (Wildman–Crippen MR) is 169 cm³/mol. The first-order valence-electron chi connectivity index (χ1n) is 13.5. The molecule has 0 saturated carbocycles. The first-order valence-corrected chi connectivity index (χ1v) is 13.5. The van der Waals surface area contributed by atoms with Crippen LogP contribution in [0.4, 0.5) is 0 Å². The Morgan fingerprint density at radius 1 is 0.690 bits per heavy atom. The third-order valence-corrected chi connectivity index (χ3v) is 4.57. The minimum absolute atomic E-state index is 0.00926. The molecule has 0 aliphatic heterocycles. The van der Waals surface area contributed by atoms with E-state index in [0.29, 0.717) is 11.8 Å². The number of nitrogens with one attached hydrogen (secondary N) is 2. The van der Waals surface area contributed by atoms with Crippen molar-refractivity contribution in [3.05, 3.63) is 12.2 Å². The average Bonchev–Trinajstić information content (AvgIpc) is 2.95. The highest BCUT2D eigenvalue weighted by Crippen LogP contribution is 2.03. The Kier molecular flexibility index (Phi) is 41.6. The summed E-state index contributed by atoms with van der Waals surface area (Å²) in [5.74, 6) is 10.5. The number of hydrogen-bond donors (Lipinski definition) is 10. The summed E-state index contributed by atoms with van der Waals surface area (Å²) in [6.45, 7) is 25.5. The number of hydroxylamine groups is 1. The van der Waals surface area contributed by atoms with Crippen molar-refractivity contribution in [1.29, 1.82) is 0 Å². The minimum Gasteiger partial charge on any atom is -0.409 e. The molecule has 0 unspecified atom stereocenters. The van der Waals surface area contributed by atoms with E-state index in [4.69, 9.17) is 43.8 Å². The van der Waals surface area contributed by atoms with Crippen LogP contribution in [-0.4, -0.2) is 63.1 Å². The third kappa shape index (κ3) is 43.8. The van der Waals surface area contributed by atoms with E-state index in [1.54, 1.807) is 41.5 Å². The lowest BCUT2D eigenvalue weighted by molar-refractivity contribution is -0.132. The fourth-order valence-electron chi connectivity index (χ4n) is 0.925. The largest absolute Gasteiger partial charge is 0.409 e. The van der Waals surface area contributed by atoms with Gasteiger partial charge in [-0.25, -0.2) is 11.3 Å². The second-order valence-corrected chi connectivity index (χ2v) is 10.4. The number of nitrogens with two attached hydrogens (primary N) is 4. The fourth-order valence-corrected chi connectivity index (χ4v) is 0.925. The van der Waals surface area contributed by atoms with E-state index >= 15 is 0 Å². The van der Waals surface area contributed by atoms with Crippen LogP contribution in [-0.2, 0) is 14.4 Å². The second-order valence-electron chi connectivity index (χ2n) is 10.4. The highest BCUT2D eigenvalue weighted by Gasteiger charge is 2.03. The first-order chi connectivity index (χ1) is 19.1. The van der Waals surface area contributed by atoms with E-state index < -0.39 is 0 Å². The predicted octanol–water partition coefficient (Wildman–Crippen LogP) is 1.44. The van der Waals surface area contributed by atoms with Gasteiger partial charge in [-0.05, 0) is 11.5 Å². The summed E-state index contributed by atoms with van der Waals surface area (Å²) in [4.78, 5) is 30.7. The molecule has 0 aliphatic rings. The third-order valence-electron chi connectivity index (χ3n) is 4.57. The van der Waals surface area contributed by atoms with Gasteiger partial charge in [0.2, 0.25) is 11.8 Å². The molecular formula is C27H62N8O7. The molecule has 252 valence electrons. The molecule has 15 nitrogen and oxygen atoms in total. The zero-order valence-corrected chi connectivity index (χ0v) is 27.8. The number of amides is 2. The van der Waals surface area contributed by atoms with Crippen LogP contribution >= 0.6 is 0 Å². The number of amidine groups is 2. The zero-order chi connectivity index (χ0) is 35.2. The molecule has 0 heterocycles. The van der Waals surface area contributed by atoms with Crippen molar-refractivity contribution in [2.24, 2.45) is 68.9 Å². The van der Waals surface area contributed by atoms with Gasteiger partial charge in [0.25, 0.3) is 0 Å². The van der Waals surface area contributed by atoms with Crippen molar-refractivity contribution >= 4 is 29.3 Å². The normalized spacial score (nSPS) is 10.5. The molecule has 15 heteroatoms. The van der Waals surface area contributed by atoms with Gasteiger partial charge in [0.1, 0.15) is 18.3 Å². The van der Waals surface area contributed by atoms with Gasteiger partial charge in [-0.2, -0.15) is 5.10 Å². The topological polar surface area (TPSA) is 285 Å². The Labute approximate surface area is 252 Å². The second kappa shape index (κ2) is 33.9. The van der Waals surface area contributed by atoms with Gasteiger partial charge >= 0.3 is 0 Å². The van der Waals surface area contributed by atoms with Gasteiger partial charge in [0, 0.05) is 29.6 Å². The maximum Gasteiger partial charge on any atom is 0.245 e. The van der Waals surface area contributed by atoms with Crippen LogP contribution in [0.2, 0.25) is 0 Å². The van der Waals surface area contributed by atoms with Crippen LogP contribution in [0.25, 0.3) is 0 Å². The lowest BCUT2D eigenvalue weighted by atomic mass is 10.1. The van der Waals surface area contributed by atoms with E-state index in [1.807, 2.05) is 47.0 Å². The molecule has 14 N–H and O–H groups in total. The quantitative estimate of drug-likeness (QED) is 0.0274. The van der Waals surface area contributed by atoms with Gasteiger partial charge < -0.3 is 32.7 Å². The number of hydrazine groups is 1. The number of carbonyl (C=O) groups is 3. The van der Waals surface area contributed by atoms with Crippen molar-refractivity contribution in [3.8, 4) is 0 Å². The maximum atomic E-state index is 10.3. The SMILES string of the molecule is C=C(CO)C(C)C.CC(C)C(=O)CO.CC(C)C(=O)NN.CC(C)C(=O)NO.CC(C)C(N)=NN.CC(C)C(N)=NO.